The summed E-state index contributed by atoms with van der Waals surface area (Å²) in [5, 5.41) is 12.7. The molecule has 2 saturated heterocycles. The van der Waals surface area contributed by atoms with Crippen LogP contribution in [0.25, 0.3) is 27.7 Å². The first kappa shape index (κ1) is 22.9. The molecule has 0 radical (unpaired) electrons. The Balaban J connectivity index is 1.13. The third-order valence-corrected chi connectivity index (χ3v) is 7.30. The van der Waals surface area contributed by atoms with Gasteiger partial charge in [0.1, 0.15) is 17.8 Å². The Morgan fingerprint density at radius 1 is 1.11 bits per heavy atom. The number of rotatable bonds is 7. The first-order valence-corrected chi connectivity index (χ1v) is 12.8. The summed E-state index contributed by atoms with van der Waals surface area (Å²) in [6.45, 7) is 5.68. The zero-order valence-corrected chi connectivity index (χ0v) is 21.2. The molecule has 5 aromatic rings. The number of anilines is 1. The summed E-state index contributed by atoms with van der Waals surface area (Å²) in [5.41, 5.74) is 4.85. The molecule has 2 bridgehead atoms. The molecule has 1 N–H and O–H groups in total. The summed E-state index contributed by atoms with van der Waals surface area (Å²) >= 11 is 0. The number of hydrogen-bond acceptors (Lipinski definition) is 9. The number of pyridine rings is 3. The van der Waals surface area contributed by atoms with Gasteiger partial charge in [0.15, 0.2) is 5.65 Å². The van der Waals surface area contributed by atoms with Crippen molar-refractivity contribution >= 4 is 22.4 Å². The van der Waals surface area contributed by atoms with Crippen LogP contribution < -0.4 is 14.4 Å². The monoisotopic (exact) mass is 512 g/mol. The Labute approximate surface area is 219 Å². The highest BCUT2D eigenvalue weighted by Gasteiger charge is 2.41. The number of fused-ring (bicyclic) bond motifs is 5. The molecule has 194 valence electrons. The summed E-state index contributed by atoms with van der Waals surface area (Å²) in [4.78, 5) is 13.9. The predicted molar refractivity (Wildman–Crippen MR) is 141 cm³/mol. The van der Waals surface area contributed by atoms with E-state index < -0.39 is 0 Å². The number of nitrogens with one attached hydrogen (secondary N) is 1. The second-order valence-corrected chi connectivity index (χ2v) is 9.58. The third kappa shape index (κ3) is 3.91. The number of methoxy groups -OCH3 is 1. The van der Waals surface area contributed by atoms with Crippen LogP contribution in [0, 0.1) is 0 Å². The van der Waals surface area contributed by atoms with Crippen LogP contribution in [-0.2, 0) is 11.3 Å². The maximum Gasteiger partial charge on any atom is 0.212 e. The standard InChI is InChI=1S/C27H28N8O3/c1-3-37-20-8-21(26-22-11-30-31-27(22)32-35(26)14-20)18-5-6-23(28-10-18)33-13-19-16-38-25(15-33)34(19)12-17-4-7-24(36-2)29-9-17/h4-11,14,19,25H,3,12-13,15-16H2,1-2H3,(H,31,32). The van der Waals surface area contributed by atoms with Crippen LogP contribution in [0.15, 0.2) is 55.1 Å². The number of nitrogens with zero attached hydrogens (tertiary/aromatic N) is 7. The van der Waals surface area contributed by atoms with E-state index in [0.717, 1.165) is 64.4 Å². The number of hydrogen-bond donors (Lipinski definition) is 1. The molecule has 7 heterocycles. The second-order valence-electron chi connectivity index (χ2n) is 9.58. The largest absolute Gasteiger partial charge is 0.492 e. The first-order chi connectivity index (χ1) is 18.7. The minimum Gasteiger partial charge on any atom is -0.492 e. The first-order valence-electron chi connectivity index (χ1n) is 12.8. The molecule has 38 heavy (non-hydrogen) atoms. The fraction of sp³-hybridized carbons (Fsp3) is 0.333. The fourth-order valence-electron chi connectivity index (χ4n) is 5.47. The number of piperazine rings is 1. The number of H-pyrrole nitrogens is 1. The van der Waals surface area contributed by atoms with Crippen molar-refractivity contribution in [2.24, 2.45) is 0 Å². The van der Waals surface area contributed by atoms with Crippen LogP contribution in [0.2, 0.25) is 0 Å². The fourth-order valence-corrected chi connectivity index (χ4v) is 5.47. The summed E-state index contributed by atoms with van der Waals surface area (Å²) in [6, 6.07) is 10.5. The molecule has 11 heteroatoms. The van der Waals surface area contributed by atoms with E-state index in [4.69, 9.17) is 19.2 Å². The number of aromatic amines is 1. The van der Waals surface area contributed by atoms with Gasteiger partial charge in [-0.2, -0.15) is 5.10 Å². The van der Waals surface area contributed by atoms with Gasteiger partial charge in [-0.05, 0) is 30.7 Å². The van der Waals surface area contributed by atoms with Gasteiger partial charge in [-0.25, -0.2) is 14.5 Å². The van der Waals surface area contributed by atoms with Crippen LogP contribution in [0.1, 0.15) is 12.5 Å². The lowest BCUT2D eigenvalue weighted by molar-refractivity contribution is 0.0238. The Morgan fingerprint density at radius 3 is 2.82 bits per heavy atom. The Hall–Kier alpha value is -4.22. The zero-order chi connectivity index (χ0) is 25.6. The normalized spacial score (nSPS) is 19.5. The molecule has 2 unspecified atom stereocenters. The van der Waals surface area contributed by atoms with E-state index in [-0.39, 0.29) is 6.23 Å². The van der Waals surface area contributed by atoms with Crippen LogP contribution in [0.5, 0.6) is 11.6 Å². The number of aromatic nitrogens is 6. The molecule has 0 aliphatic carbocycles. The summed E-state index contributed by atoms with van der Waals surface area (Å²) in [7, 11) is 1.63. The maximum absolute atomic E-state index is 6.14. The molecule has 0 aromatic carbocycles. The highest BCUT2D eigenvalue weighted by atomic mass is 16.5. The highest BCUT2D eigenvalue weighted by Crippen LogP contribution is 2.34. The van der Waals surface area contributed by atoms with Gasteiger partial charge in [0.25, 0.3) is 0 Å². The van der Waals surface area contributed by atoms with Gasteiger partial charge in [-0.1, -0.05) is 6.07 Å². The number of ether oxygens (including phenoxy) is 3. The van der Waals surface area contributed by atoms with Gasteiger partial charge in [0.2, 0.25) is 5.88 Å². The lowest BCUT2D eigenvalue weighted by atomic mass is 10.1. The van der Waals surface area contributed by atoms with E-state index in [1.807, 2.05) is 42.2 Å². The molecule has 0 amide bonds. The smallest absolute Gasteiger partial charge is 0.212 e. The molecule has 0 saturated carbocycles. The van der Waals surface area contributed by atoms with Crippen molar-refractivity contribution in [1.82, 2.24) is 34.7 Å². The average molecular weight is 513 g/mol. The molecule has 2 aliphatic heterocycles. The minimum atomic E-state index is 0.0148. The molecule has 2 fully saturated rings. The molecule has 2 aliphatic rings. The van der Waals surface area contributed by atoms with Gasteiger partial charge < -0.3 is 19.1 Å². The average Bonchev–Trinajstić information content (AvgIpc) is 3.59. The van der Waals surface area contributed by atoms with E-state index in [0.29, 0.717) is 25.1 Å². The topological polar surface area (TPSA) is 106 Å². The van der Waals surface area contributed by atoms with Gasteiger partial charge in [-0.3, -0.25) is 10.00 Å². The third-order valence-electron chi connectivity index (χ3n) is 7.30. The molecule has 2 atom stereocenters. The van der Waals surface area contributed by atoms with Crippen LogP contribution in [0.3, 0.4) is 0 Å². The van der Waals surface area contributed by atoms with Gasteiger partial charge in [0, 0.05) is 42.7 Å². The van der Waals surface area contributed by atoms with Crippen LogP contribution >= 0.6 is 0 Å². The van der Waals surface area contributed by atoms with Crippen molar-refractivity contribution in [1.29, 1.82) is 0 Å². The van der Waals surface area contributed by atoms with Gasteiger partial charge in [-0.15, -0.1) is 5.10 Å². The van der Waals surface area contributed by atoms with Crippen molar-refractivity contribution in [3.05, 3.63) is 60.7 Å². The quantitative estimate of drug-likeness (QED) is 0.352. The lowest BCUT2D eigenvalue weighted by Crippen LogP contribution is -2.54. The summed E-state index contributed by atoms with van der Waals surface area (Å²) < 4.78 is 19.0. The van der Waals surface area contributed by atoms with Crippen molar-refractivity contribution < 1.29 is 14.2 Å². The Bertz CT molecular complexity index is 1570. The highest BCUT2D eigenvalue weighted by molar-refractivity contribution is 6.00. The van der Waals surface area contributed by atoms with Crippen molar-refractivity contribution in [2.45, 2.75) is 25.7 Å². The van der Waals surface area contributed by atoms with E-state index in [1.165, 1.54) is 0 Å². The van der Waals surface area contributed by atoms with E-state index in [1.54, 1.807) is 13.3 Å². The van der Waals surface area contributed by atoms with Crippen molar-refractivity contribution in [3.8, 4) is 22.8 Å². The Kier molecular flexibility index (Phi) is 5.59. The molecular formula is C27H28N8O3. The maximum atomic E-state index is 6.14. The van der Waals surface area contributed by atoms with Gasteiger partial charge in [0.05, 0.1) is 56.2 Å². The summed E-state index contributed by atoms with van der Waals surface area (Å²) in [5.74, 6) is 2.33. The van der Waals surface area contributed by atoms with Crippen molar-refractivity contribution in [3.63, 3.8) is 0 Å². The van der Waals surface area contributed by atoms with Crippen LogP contribution in [-0.4, -0.2) is 80.4 Å². The second kappa shape index (κ2) is 9.26. The zero-order valence-electron chi connectivity index (χ0n) is 21.2. The van der Waals surface area contributed by atoms with Crippen LogP contribution in [0.4, 0.5) is 5.82 Å². The molecule has 5 aromatic heterocycles. The minimum absolute atomic E-state index is 0.0148. The van der Waals surface area contributed by atoms with E-state index in [9.17, 15) is 0 Å². The van der Waals surface area contributed by atoms with E-state index >= 15 is 0 Å². The van der Waals surface area contributed by atoms with Crippen molar-refractivity contribution in [2.75, 3.05) is 38.3 Å². The lowest BCUT2D eigenvalue weighted by Gasteiger charge is -2.39. The Morgan fingerprint density at radius 2 is 2.05 bits per heavy atom. The summed E-state index contributed by atoms with van der Waals surface area (Å²) in [6.07, 6.45) is 7.52. The molecule has 7 rings (SSSR count). The predicted octanol–water partition coefficient (Wildman–Crippen LogP) is 3.12. The molecule has 0 spiro atoms. The van der Waals surface area contributed by atoms with E-state index in [2.05, 4.69) is 48.3 Å². The SMILES string of the molecule is CCOc1cc(-c2ccc(N3CC4COC(C3)N4Cc3ccc(OC)nc3)nc2)c2c3cn[nH]c3nn2c1. The molecule has 11 nitrogen and oxygen atoms in total. The molecular weight excluding hydrogens is 484 g/mol. The van der Waals surface area contributed by atoms with Gasteiger partial charge >= 0.3 is 0 Å².